The van der Waals surface area contributed by atoms with Crippen LogP contribution in [0.15, 0.2) is 6.33 Å². The number of hydrogen-bond acceptors (Lipinski definition) is 2. The molecule has 0 radical (unpaired) electrons. The molecule has 1 aromatic heterocycles. The molecule has 1 saturated carbocycles. The second-order valence-corrected chi connectivity index (χ2v) is 6.43. The van der Waals surface area contributed by atoms with E-state index in [1.807, 2.05) is 0 Å². The average Bonchev–Trinajstić information content (AvgIpc) is 2.62. The first-order valence-corrected chi connectivity index (χ1v) is 7.61. The predicted octanol–water partition coefficient (Wildman–Crippen LogP) is 3.66. The number of hydrogen-bond donors (Lipinski definition) is 0. The summed E-state index contributed by atoms with van der Waals surface area (Å²) in [5.41, 5.74) is 0. The van der Waals surface area contributed by atoms with Gasteiger partial charge in [0.05, 0.1) is 0 Å². The van der Waals surface area contributed by atoms with Crippen molar-refractivity contribution in [3.63, 3.8) is 0 Å². The second kappa shape index (κ2) is 6.55. The molecule has 102 valence electrons. The van der Waals surface area contributed by atoms with Crippen molar-refractivity contribution < 1.29 is 0 Å². The molecule has 0 aromatic carbocycles. The molecule has 2 atom stereocenters. The summed E-state index contributed by atoms with van der Waals surface area (Å²) in [4.78, 5) is 4.42. The van der Waals surface area contributed by atoms with Gasteiger partial charge in [-0.15, -0.1) is 11.6 Å². The van der Waals surface area contributed by atoms with Crippen molar-refractivity contribution in [2.75, 3.05) is 0 Å². The minimum absolute atomic E-state index is 0.316. The summed E-state index contributed by atoms with van der Waals surface area (Å²) in [7, 11) is 0. The zero-order valence-electron chi connectivity index (χ0n) is 11.5. The van der Waals surface area contributed by atoms with Crippen molar-refractivity contribution in [3.05, 3.63) is 12.2 Å². The van der Waals surface area contributed by atoms with Crippen LogP contribution in [0.25, 0.3) is 0 Å². The van der Waals surface area contributed by atoms with Gasteiger partial charge in [0.2, 0.25) is 0 Å². The van der Waals surface area contributed by atoms with Gasteiger partial charge in [-0.25, -0.2) is 9.67 Å². The summed E-state index contributed by atoms with van der Waals surface area (Å²) in [6, 6.07) is 0. The van der Waals surface area contributed by atoms with Crippen LogP contribution < -0.4 is 0 Å². The first kappa shape index (κ1) is 13.9. The first-order valence-electron chi connectivity index (χ1n) is 7.17. The van der Waals surface area contributed by atoms with Gasteiger partial charge < -0.3 is 0 Å². The van der Waals surface area contributed by atoms with Crippen molar-refractivity contribution in [1.82, 2.24) is 14.8 Å². The highest BCUT2D eigenvalue weighted by Crippen LogP contribution is 2.29. The zero-order valence-corrected chi connectivity index (χ0v) is 12.2. The van der Waals surface area contributed by atoms with Crippen LogP contribution in [-0.4, -0.2) is 20.1 Å². The van der Waals surface area contributed by atoms with Gasteiger partial charge in [-0.2, -0.15) is 5.10 Å². The molecule has 1 aliphatic carbocycles. The van der Waals surface area contributed by atoms with Gasteiger partial charge in [0, 0.05) is 18.3 Å². The van der Waals surface area contributed by atoms with E-state index in [1.54, 1.807) is 6.33 Å². The van der Waals surface area contributed by atoms with Crippen LogP contribution in [0.5, 0.6) is 0 Å². The SMILES string of the molecule is CC(C)Cn1ncnc1CC1CCCCCC1Cl. The second-order valence-electron chi connectivity index (χ2n) is 5.87. The lowest BCUT2D eigenvalue weighted by atomic mass is 9.95. The molecule has 0 spiro atoms. The topological polar surface area (TPSA) is 30.7 Å². The van der Waals surface area contributed by atoms with E-state index >= 15 is 0 Å². The Hall–Kier alpha value is -0.570. The van der Waals surface area contributed by atoms with Crippen LogP contribution in [-0.2, 0) is 13.0 Å². The summed E-state index contributed by atoms with van der Waals surface area (Å²) >= 11 is 6.50. The normalized spacial score (nSPS) is 25.3. The van der Waals surface area contributed by atoms with Crippen LogP contribution in [0.4, 0.5) is 0 Å². The molecule has 0 saturated heterocycles. The van der Waals surface area contributed by atoms with Crippen LogP contribution >= 0.6 is 11.6 Å². The Kier molecular flexibility index (Phi) is 5.04. The van der Waals surface area contributed by atoms with Crippen molar-refractivity contribution in [1.29, 1.82) is 0 Å². The van der Waals surface area contributed by atoms with E-state index < -0.39 is 0 Å². The molecule has 1 heterocycles. The van der Waals surface area contributed by atoms with Gasteiger partial charge in [0.15, 0.2) is 0 Å². The average molecular weight is 270 g/mol. The van der Waals surface area contributed by atoms with E-state index in [0.29, 0.717) is 17.2 Å². The van der Waals surface area contributed by atoms with Gasteiger partial charge in [-0.05, 0) is 24.7 Å². The minimum Gasteiger partial charge on any atom is -0.250 e. The number of rotatable bonds is 4. The predicted molar refractivity (Wildman–Crippen MR) is 74.8 cm³/mol. The standard InChI is InChI=1S/C14H24ClN3/c1-11(2)9-18-14(16-10-17-18)8-12-6-4-3-5-7-13(12)15/h10-13H,3-9H2,1-2H3. The fraction of sp³-hybridized carbons (Fsp3) is 0.857. The molecule has 2 rings (SSSR count). The van der Waals surface area contributed by atoms with E-state index in [0.717, 1.165) is 25.2 Å². The van der Waals surface area contributed by atoms with E-state index in [2.05, 4.69) is 28.6 Å². The Morgan fingerprint density at radius 3 is 2.89 bits per heavy atom. The fourth-order valence-electron chi connectivity index (χ4n) is 2.75. The molecular formula is C14H24ClN3. The molecule has 1 aliphatic rings. The molecule has 1 aromatic rings. The van der Waals surface area contributed by atoms with Crippen molar-refractivity contribution >= 4 is 11.6 Å². The van der Waals surface area contributed by atoms with Crippen molar-refractivity contribution in [2.24, 2.45) is 11.8 Å². The molecule has 2 unspecified atom stereocenters. The molecular weight excluding hydrogens is 246 g/mol. The molecule has 3 nitrogen and oxygen atoms in total. The third kappa shape index (κ3) is 3.71. The highest BCUT2D eigenvalue weighted by atomic mass is 35.5. The summed E-state index contributed by atoms with van der Waals surface area (Å²) in [5, 5.41) is 4.65. The zero-order chi connectivity index (χ0) is 13.0. The highest BCUT2D eigenvalue weighted by Gasteiger charge is 2.23. The summed E-state index contributed by atoms with van der Waals surface area (Å²) in [6.07, 6.45) is 8.99. The van der Waals surface area contributed by atoms with Gasteiger partial charge in [-0.1, -0.05) is 33.1 Å². The maximum Gasteiger partial charge on any atom is 0.138 e. The van der Waals surface area contributed by atoms with E-state index in [1.165, 1.54) is 25.7 Å². The van der Waals surface area contributed by atoms with Crippen molar-refractivity contribution in [3.8, 4) is 0 Å². The highest BCUT2D eigenvalue weighted by molar-refractivity contribution is 6.20. The summed E-state index contributed by atoms with van der Waals surface area (Å²) in [5.74, 6) is 2.29. The van der Waals surface area contributed by atoms with Crippen molar-refractivity contribution in [2.45, 2.75) is 64.3 Å². The Morgan fingerprint density at radius 2 is 2.11 bits per heavy atom. The molecule has 0 aliphatic heterocycles. The maximum atomic E-state index is 6.50. The smallest absolute Gasteiger partial charge is 0.138 e. The fourth-order valence-corrected chi connectivity index (χ4v) is 3.12. The Labute approximate surface area is 115 Å². The monoisotopic (exact) mass is 269 g/mol. The lowest BCUT2D eigenvalue weighted by Crippen LogP contribution is -2.20. The van der Waals surface area contributed by atoms with Gasteiger partial charge in [0.25, 0.3) is 0 Å². The van der Waals surface area contributed by atoms with Crippen LogP contribution in [0.2, 0.25) is 0 Å². The first-order chi connectivity index (χ1) is 8.66. The van der Waals surface area contributed by atoms with Gasteiger partial charge >= 0.3 is 0 Å². The van der Waals surface area contributed by atoms with E-state index in [-0.39, 0.29) is 0 Å². The third-order valence-corrected chi connectivity index (χ3v) is 4.32. The van der Waals surface area contributed by atoms with E-state index in [4.69, 9.17) is 11.6 Å². The number of halogens is 1. The van der Waals surface area contributed by atoms with E-state index in [9.17, 15) is 0 Å². The molecule has 0 bridgehead atoms. The van der Waals surface area contributed by atoms with Crippen LogP contribution in [0, 0.1) is 11.8 Å². The Morgan fingerprint density at radius 1 is 1.33 bits per heavy atom. The Balaban J connectivity index is 2.01. The largest absolute Gasteiger partial charge is 0.250 e. The van der Waals surface area contributed by atoms with Crippen LogP contribution in [0.3, 0.4) is 0 Å². The number of alkyl halides is 1. The number of nitrogens with zero attached hydrogens (tertiary/aromatic N) is 3. The summed E-state index contributed by atoms with van der Waals surface area (Å²) in [6.45, 7) is 5.37. The number of aromatic nitrogens is 3. The van der Waals surface area contributed by atoms with Crippen LogP contribution in [0.1, 0.15) is 51.8 Å². The lowest BCUT2D eigenvalue weighted by molar-refractivity contribution is 0.415. The molecule has 0 N–H and O–H groups in total. The van der Waals surface area contributed by atoms with Gasteiger partial charge in [-0.3, -0.25) is 0 Å². The maximum absolute atomic E-state index is 6.50. The quantitative estimate of drug-likeness (QED) is 0.617. The molecule has 1 fully saturated rings. The van der Waals surface area contributed by atoms with Gasteiger partial charge in [0.1, 0.15) is 12.2 Å². The lowest BCUT2D eigenvalue weighted by Gasteiger charge is -2.19. The minimum atomic E-state index is 0.316. The summed E-state index contributed by atoms with van der Waals surface area (Å²) < 4.78 is 2.05. The molecule has 4 heteroatoms. The molecule has 0 amide bonds. The Bertz CT molecular complexity index is 362. The third-order valence-electron chi connectivity index (χ3n) is 3.74. The molecule has 18 heavy (non-hydrogen) atoms.